The standard InChI is InChI=1S/C26H20BrClN2O5/c1-33-23-22-18(12-19(28)30-23)35-26(15-8-10-16(27)11-9-15)21(14-6-4-3-5-7-14)20(24(31)34-2)17(13-29)25(22,26)32/h3-12,17,20-21,32H,1-2H3/t17-,20-,21+,25+,26-/m0/s1. The van der Waals surface area contributed by atoms with E-state index in [4.69, 9.17) is 25.8 Å². The number of aromatic nitrogens is 1. The van der Waals surface area contributed by atoms with E-state index >= 15 is 0 Å². The van der Waals surface area contributed by atoms with Gasteiger partial charge in [-0.25, -0.2) is 4.98 Å². The first kappa shape index (κ1) is 23.6. The fourth-order valence-electron chi connectivity index (χ4n) is 5.72. The number of methoxy groups -OCH3 is 2. The highest BCUT2D eigenvalue weighted by Crippen LogP contribution is 2.71. The van der Waals surface area contributed by atoms with Gasteiger partial charge >= 0.3 is 5.97 Å². The number of fused-ring (bicyclic) bond motifs is 3. The van der Waals surface area contributed by atoms with Gasteiger partial charge in [-0.3, -0.25) is 4.79 Å². The third-order valence-electron chi connectivity index (χ3n) is 6.98. The molecule has 1 aliphatic carbocycles. The van der Waals surface area contributed by atoms with Crippen LogP contribution in [-0.4, -0.2) is 30.3 Å². The number of ether oxygens (including phenoxy) is 3. The molecule has 35 heavy (non-hydrogen) atoms. The second-order valence-corrected chi connectivity index (χ2v) is 9.79. The quantitative estimate of drug-likeness (QED) is 0.368. The molecule has 3 aromatic rings. The Kier molecular flexibility index (Phi) is 5.75. The highest BCUT2D eigenvalue weighted by atomic mass is 79.9. The number of nitriles is 1. The Morgan fingerprint density at radius 1 is 1.20 bits per heavy atom. The molecule has 9 heteroatoms. The summed E-state index contributed by atoms with van der Waals surface area (Å²) in [4.78, 5) is 17.5. The minimum Gasteiger partial charge on any atom is -0.481 e. The Morgan fingerprint density at radius 3 is 2.49 bits per heavy atom. The zero-order valence-electron chi connectivity index (χ0n) is 18.7. The number of benzene rings is 2. The van der Waals surface area contributed by atoms with Crippen LogP contribution >= 0.6 is 27.5 Å². The van der Waals surface area contributed by atoms with Crippen LogP contribution in [0.3, 0.4) is 0 Å². The smallest absolute Gasteiger partial charge is 0.310 e. The van der Waals surface area contributed by atoms with E-state index in [9.17, 15) is 15.2 Å². The van der Waals surface area contributed by atoms with E-state index < -0.39 is 34.9 Å². The molecule has 0 radical (unpaired) electrons. The minimum absolute atomic E-state index is 0.0200. The van der Waals surface area contributed by atoms with Crippen molar-refractivity contribution in [3.05, 3.63) is 87.0 Å². The van der Waals surface area contributed by atoms with Crippen LogP contribution in [0.5, 0.6) is 11.6 Å². The molecule has 1 aliphatic heterocycles. The Morgan fingerprint density at radius 2 is 1.89 bits per heavy atom. The molecule has 178 valence electrons. The lowest BCUT2D eigenvalue weighted by Crippen LogP contribution is -2.50. The van der Waals surface area contributed by atoms with Crippen molar-refractivity contribution in [2.24, 2.45) is 11.8 Å². The SMILES string of the molecule is COC(=O)[C@@H]1[C@@H](c2ccccc2)[C@]2(c3ccc(Br)cc3)Oc3cc(Cl)nc(OC)c3[C@]2(O)[C@H]1C#N. The minimum atomic E-state index is -2.03. The third kappa shape index (κ3) is 3.12. The zero-order chi connectivity index (χ0) is 25.0. The Hall–Kier alpha value is -3.12. The number of carbonyl (C=O) groups is 1. The first-order valence-corrected chi connectivity index (χ1v) is 11.9. The number of hydrogen-bond donors (Lipinski definition) is 1. The van der Waals surface area contributed by atoms with Gasteiger partial charge in [0.2, 0.25) is 5.88 Å². The van der Waals surface area contributed by atoms with Crippen molar-refractivity contribution in [3.8, 4) is 17.7 Å². The van der Waals surface area contributed by atoms with Crippen molar-refractivity contribution in [2.75, 3.05) is 14.2 Å². The molecule has 2 aliphatic rings. The summed E-state index contributed by atoms with van der Waals surface area (Å²) in [5.74, 6) is -3.50. The summed E-state index contributed by atoms with van der Waals surface area (Å²) >= 11 is 9.70. The van der Waals surface area contributed by atoms with Crippen molar-refractivity contribution in [2.45, 2.75) is 17.1 Å². The number of hydrogen-bond acceptors (Lipinski definition) is 7. The summed E-state index contributed by atoms with van der Waals surface area (Å²) in [7, 11) is 2.66. The molecule has 0 unspecified atom stereocenters. The summed E-state index contributed by atoms with van der Waals surface area (Å²) in [6.07, 6.45) is 0. The molecule has 1 saturated carbocycles. The zero-order valence-corrected chi connectivity index (χ0v) is 21.1. The van der Waals surface area contributed by atoms with Gasteiger partial charge in [-0.1, -0.05) is 70.0 Å². The van der Waals surface area contributed by atoms with Gasteiger partial charge in [-0.05, 0) is 23.3 Å². The van der Waals surface area contributed by atoms with Crippen LogP contribution in [-0.2, 0) is 20.7 Å². The van der Waals surface area contributed by atoms with Crippen molar-refractivity contribution in [3.63, 3.8) is 0 Å². The van der Waals surface area contributed by atoms with Crippen molar-refractivity contribution in [1.82, 2.24) is 4.98 Å². The summed E-state index contributed by atoms with van der Waals surface area (Å²) in [5, 5.41) is 23.3. The molecule has 2 aromatic carbocycles. The number of pyridine rings is 1. The molecule has 5 rings (SSSR count). The van der Waals surface area contributed by atoms with Gasteiger partial charge in [0.05, 0.1) is 37.7 Å². The van der Waals surface area contributed by atoms with Gasteiger partial charge in [0.1, 0.15) is 10.9 Å². The summed E-state index contributed by atoms with van der Waals surface area (Å²) in [6.45, 7) is 0. The number of rotatable bonds is 4. The molecule has 1 N–H and O–H groups in total. The van der Waals surface area contributed by atoms with Crippen LogP contribution in [0, 0.1) is 23.2 Å². The molecular weight excluding hydrogens is 536 g/mol. The summed E-state index contributed by atoms with van der Waals surface area (Å²) in [6, 6.07) is 20.1. The molecule has 0 bridgehead atoms. The predicted octanol–water partition coefficient (Wildman–Crippen LogP) is 4.71. The first-order chi connectivity index (χ1) is 16.8. The largest absolute Gasteiger partial charge is 0.481 e. The molecule has 5 atom stereocenters. The molecule has 2 heterocycles. The van der Waals surface area contributed by atoms with Gasteiger partial charge < -0.3 is 19.3 Å². The van der Waals surface area contributed by atoms with Crippen molar-refractivity contribution < 1.29 is 24.1 Å². The molecule has 1 fully saturated rings. The fraction of sp³-hybridized carbons (Fsp3) is 0.269. The fourth-order valence-corrected chi connectivity index (χ4v) is 6.16. The Labute approximate surface area is 215 Å². The topological polar surface area (TPSA) is 102 Å². The third-order valence-corrected chi connectivity index (χ3v) is 7.70. The number of aliphatic hydroxyl groups is 1. The number of esters is 1. The first-order valence-electron chi connectivity index (χ1n) is 10.8. The second-order valence-electron chi connectivity index (χ2n) is 8.48. The van der Waals surface area contributed by atoms with Crippen LogP contribution in [0.15, 0.2) is 65.1 Å². The van der Waals surface area contributed by atoms with Crippen LogP contribution < -0.4 is 9.47 Å². The molecule has 7 nitrogen and oxygen atoms in total. The van der Waals surface area contributed by atoms with Gasteiger partial charge in [0.25, 0.3) is 0 Å². The maximum atomic E-state index is 13.3. The van der Waals surface area contributed by atoms with E-state index in [1.165, 1.54) is 20.3 Å². The predicted molar refractivity (Wildman–Crippen MR) is 130 cm³/mol. The monoisotopic (exact) mass is 554 g/mol. The number of carbonyl (C=O) groups excluding carboxylic acids is 1. The maximum Gasteiger partial charge on any atom is 0.310 e. The highest BCUT2D eigenvalue weighted by Gasteiger charge is 2.78. The molecular formula is C26H20BrClN2O5. The van der Waals surface area contributed by atoms with Gasteiger partial charge in [0.15, 0.2) is 11.2 Å². The van der Waals surface area contributed by atoms with E-state index in [1.807, 2.05) is 42.5 Å². The van der Waals surface area contributed by atoms with Crippen molar-refractivity contribution >= 4 is 33.5 Å². The number of nitrogens with zero attached hydrogens (tertiary/aromatic N) is 2. The van der Waals surface area contributed by atoms with Crippen LogP contribution in [0.25, 0.3) is 0 Å². The summed E-state index contributed by atoms with van der Waals surface area (Å²) in [5.41, 5.74) is -2.19. The average Bonchev–Trinajstić information content (AvgIpc) is 3.25. The highest BCUT2D eigenvalue weighted by molar-refractivity contribution is 9.10. The lowest BCUT2D eigenvalue weighted by molar-refractivity contribution is -0.148. The second kappa shape index (κ2) is 8.52. The van der Waals surface area contributed by atoms with Crippen molar-refractivity contribution in [1.29, 1.82) is 5.26 Å². The average molecular weight is 556 g/mol. The van der Waals surface area contributed by atoms with E-state index in [1.54, 1.807) is 12.1 Å². The van der Waals surface area contributed by atoms with Gasteiger partial charge in [0, 0.05) is 16.5 Å². The van der Waals surface area contributed by atoms with Crippen LogP contribution in [0.2, 0.25) is 5.15 Å². The van der Waals surface area contributed by atoms with E-state index in [2.05, 4.69) is 27.0 Å². The van der Waals surface area contributed by atoms with E-state index in [0.29, 0.717) is 11.1 Å². The maximum absolute atomic E-state index is 13.3. The molecule has 1 aromatic heterocycles. The summed E-state index contributed by atoms with van der Waals surface area (Å²) < 4.78 is 18.1. The molecule has 0 amide bonds. The van der Waals surface area contributed by atoms with Gasteiger partial charge in [-0.2, -0.15) is 5.26 Å². The lowest BCUT2D eigenvalue weighted by Gasteiger charge is -2.40. The van der Waals surface area contributed by atoms with E-state index in [-0.39, 0.29) is 22.3 Å². The lowest BCUT2D eigenvalue weighted by atomic mass is 9.70. The number of halogens is 2. The Balaban J connectivity index is 1.93. The Bertz CT molecular complexity index is 1350. The molecule has 0 spiro atoms. The van der Waals surface area contributed by atoms with Gasteiger partial charge in [-0.15, -0.1) is 0 Å². The van der Waals surface area contributed by atoms with Crippen LogP contribution in [0.4, 0.5) is 0 Å². The normalized spacial score (nSPS) is 28.4. The molecule has 0 saturated heterocycles. The van der Waals surface area contributed by atoms with Crippen LogP contribution in [0.1, 0.15) is 22.6 Å². The van der Waals surface area contributed by atoms with E-state index in [0.717, 1.165) is 4.47 Å².